The summed E-state index contributed by atoms with van der Waals surface area (Å²) in [5.41, 5.74) is -0.172. The highest BCUT2D eigenvalue weighted by atomic mass is 19.1. The summed E-state index contributed by atoms with van der Waals surface area (Å²) < 4.78 is 13.8. The Hall–Kier alpha value is -3.30. The van der Waals surface area contributed by atoms with Crippen molar-refractivity contribution in [3.05, 3.63) is 52.6 Å². The summed E-state index contributed by atoms with van der Waals surface area (Å²) in [5.74, 6) is -0.0912. The molecule has 142 valence electrons. The van der Waals surface area contributed by atoms with Crippen LogP contribution in [0.25, 0.3) is 0 Å². The quantitative estimate of drug-likeness (QED) is 0.606. The van der Waals surface area contributed by atoms with Crippen molar-refractivity contribution in [1.82, 2.24) is 14.9 Å². The van der Waals surface area contributed by atoms with Gasteiger partial charge in [0.25, 0.3) is 5.69 Å². The molecule has 9 nitrogen and oxygen atoms in total. The fraction of sp³-hybridized carbons (Fsp3) is 0.353. The minimum atomic E-state index is -0.715. The van der Waals surface area contributed by atoms with E-state index in [0.717, 1.165) is 6.07 Å². The molecule has 0 spiro atoms. The lowest BCUT2D eigenvalue weighted by Gasteiger charge is -2.34. The lowest BCUT2D eigenvalue weighted by atomic mass is 10.2. The van der Waals surface area contributed by atoms with Gasteiger partial charge in [0.2, 0.25) is 11.9 Å². The third-order valence-electron chi connectivity index (χ3n) is 4.29. The lowest BCUT2D eigenvalue weighted by molar-refractivity contribution is -0.385. The van der Waals surface area contributed by atoms with E-state index in [1.54, 1.807) is 23.4 Å². The molecule has 1 N–H and O–H groups in total. The highest BCUT2D eigenvalue weighted by Gasteiger charge is 2.22. The van der Waals surface area contributed by atoms with Crippen LogP contribution in [-0.2, 0) is 4.79 Å². The molecule has 1 aliphatic heterocycles. The molecular weight excluding hydrogens is 355 g/mol. The zero-order valence-electron chi connectivity index (χ0n) is 14.5. The van der Waals surface area contributed by atoms with E-state index in [-0.39, 0.29) is 30.2 Å². The molecule has 0 radical (unpaired) electrons. The van der Waals surface area contributed by atoms with Gasteiger partial charge in [0, 0.05) is 57.6 Å². The molecule has 27 heavy (non-hydrogen) atoms. The molecule has 1 saturated heterocycles. The van der Waals surface area contributed by atoms with Crippen molar-refractivity contribution in [2.24, 2.45) is 0 Å². The first kappa shape index (κ1) is 18.5. The predicted molar refractivity (Wildman–Crippen MR) is 97.0 cm³/mol. The summed E-state index contributed by atoms with van der Waals surface area (Å²) >= 11 is 0. The van der Waals surface area contributed by atoms with Gasteiger partial charge in [-0.2, -0.15) is 0 Å². The fourth-order valence-electron chi connectivity index (χ4n) is 2.83. The summed E-state index contributed by atoms with van der Waals surface area (Å²) in [6.07, 6.45) is 3.57. The van der Waals surface area contributed by atoms with E-state index in [2.05, 4.69) is 15.3 Å². The van der Waals surface area contributed by atoms with E-state index in [0.29, 0.717) is 32.1 Å². The van der Waals surface area contributed by atoms with Gasteiger partial charge in [-0.25, -0.2) is 14.4 Å². The number of carbonyl (C=O) groups excluding carboxylic acids is 1. The molecule has 1 aromatic heterocycles. The first-order valence-electron chi connectivity index (χ1n) is 8.52. The Morgan fingerprint density at radius 2 is 1.93 bits per heavy atom. The second-order valence-electron chi connectivity index (χ2n) is 6.01. The Balaban J connectivity index is 1.44. The summed E-state index contributed by atoms with van der Waals surface area (Å²) in [6.45, 7) is 2.70. The highest BCUT2D eigenvalue weighted by Crippen LogP contribution is 2.20. The van der Waals surface area contributed by atoms with Crippen molar-refractivity contribution >= 4 is 23.2 Å². The van der Waals surface area contributed by atoms with Crippen LogP contribution in [0.1, 0.15) is 6.42 Å². The van der Waals surface area contributed by atoms with E-state index >= 15 is 0 Å². The number of hydrogen-bond acceptors (Lipinski definition) is 7. The van der Waals surface area contributed by atoms with Crippen molar-refractivity contribution in [2.75, 3.05) is 42.9 Å². The van der Waals surface area contributed by atoms with Gasteiger partial charge in [0.15, 0.2) is 5.82 Å². The third-order valence-corrected chi connectivity index (χ3v) is 4.29. The second kappa shape index (κ2) is 8.39. The monoisotopic (exact) mass is 374 g/mol. The summed E-state index contributed by atoms with van der Waals surface area (Å²) in [5, 5.41) is 13.4. The Labute approximate surface area is 155 Å². The van der Waals surface area contributed by atoms with Crippen LogP contribution in [0.3, 0.4) is 0 Å². The number of nitro groups is 1. The SMILES string of the molecule is O=C(CCNc1ccc([N+](=O)[O-])cc1F)N1CCN(c2ncccn2)CC1. The molecule has 0 unspecified atom stereocenters. The molecule has 0 bridgehead atoms. The van der Waals surface area contributed by atoms with Gasteiger partial charge in [-0.15, -0.1) is 0 Å². The van der Waals surface area contributed by atoms with Crippen LogP contribution in [0, 0.1) is 15.9 Å². The van der Waals surface area contributed by atoms with Crippen molar-refractivity contribution in [3.63, 3.8) is 0 Å². The van der Waals surface area contributed by atoms with Crippen LogP contribution < -0.4 is 10.2 Å². The van der Waals surface area contributed by atoms with Crippen LogP contribution in [0.15, 0.2) is 36.7 Å². The summed E-state index contributed by atoms with van der Waals surface area (Å²) in [6, 6.07) is 5.13. The molecule has 3 rings (SSSR count). The number of nitrogens with one attached hydrogen (secondary N) is 1. The van der Waals surface area contributed by atoms with Crippen molar-refractivity contribution in [2.45, 2.75) is 6.42 Å². The molecule has 10 heteroatoms. The van der Waals surface area contributed by atoms with E-state index < -0.39 is 10.7 Å². The van der Waals surface area contributed by atoms with E-state index in [1.165, 1.54) is 12.1 Å². The fourth-order valence-corrected chi connectivity index (χ4v) is 2.83. The Bertz CT molecular complexity index is 812. The van der Waals surface area contributed by atoms with Gasteiger partial charge in [-0.1, -0.05) is 0 Å². The molecular formula is C17H19FN6O3. The van der Waals surface area contributed by atoms with E-state index in [9.17, 15) is 19.3 Å². The maximum Gasteiger partial charge on any atom is 0.272 e. The topological polar surface area (TPSA) is 104 Å². The second-order valence-corrected chi connectivity index (χ2v) is 6.01. The number of hydrogen-bond donors (Lipinski definition) is 1. The molecule has 1 amide bonds. The maximum atomic E-state index is 13.8. The van der Waals surface area contributed by atoms with Crippen LogP contribution in [-0.4, -0.2) is 58.4 Å². The van der Waals surface area contributed by atoms with Gasteiger partial charge in [0.05, 0.1) is 16.7 Å². The number of nitrogens with zero attached hydrogens (tertiary/aromatic N) is 5. The first-order chi connectivity index (χ1) is 13.0. The third kappa shape index (κ3) is 4.66. The molecule has 1 fully saturated rings. The molecule has 1 aliphatic rings. The summed E-state index contributed by atoms with van der Waals surface area (Å²) in [4.78, 5) is 34.5. The van der Waals surface area contributed by atoms with Gasteiger partial charge in [0.1, 0.15) is 0 Å². The number of piperazine rings is 1. The van der Waals surface area contributed by atoms with Crippen LogP contribution in [0.4, 0.5) is 21.7 Å². The van der Waals surface area contributed by atoms with Crippen molar-refractivity contribution in [3.8, 4) is 0 Å². The number of amides is 1. The van der Waals surface area contributed by atoms with Crippen LogP contribution in [0.2, 0.25) is 0 Å². The van der Waals surface area contributed by atoms with Crippen molar-refractivity contribution < 1.29 is 14.1 Å². The van der Waals surface area contributed by atoms with Gasteiger partial charge >= 0.3 is 0 Å². The van der Waals surface area contributed by atoms with E-state index in [1.807, 2.05) is 4.90 Å². The first-order valence-corrected chi connectivity index (χ1v) is 8.52. The van der Waals surface area contributed by atoms with E-state index in [4.69, 9.17) is 0 Å². The highest BCUT2D eigenvalue weighted by molar-refractivity contribution is 5.77. The van der Waals surface area contributed by atoms with Gasteiger partial charge in [-0.05, 0) is 12.1 Å². The number of rotatable bonds is 6. The minimum Gasteiger partial charge on any atom is -0.382 e. The van der Waals surface area contributed by atoms with Crippen LogP contribution >= 0.6 is 0 Å². The number of benzene rings is 1. The largest absolute Gasteiger partial charge is 0.382 e. The minimum absolute atomic E-state index is 0.0292. The maximum absolute atomic E-state index is 13.8. The molecule has 0 atom stereocenters. The number of carbonyl (C=O) groups is 1. The Kier molecular flexibility index (Phi) is 5.74. The summed E-state index contributed by atoms with van der Waals surface area (Å²) in [7, 11) is 0. The number of anilines is 2. The zero-order chi connectivity index (χ0) is 19.2. The predicted octanol–water partition coefficient (Wildman–Crippen LogP) is 1.67. The number of nitro benzene ring substituents is 1. The number of aromatic nitrogens is 2. The van der Waals surface area contributed by atoms with Crippen LogP contribution in [0.5, 0.6) is 0 Å². The molecule has 1 aromatic carbocycles. The Morgan fingerprint density at radius 3 is 2.56 bits per heavy atom. The average molecular weight is 374 g/mol. The normalized spacial score (nSPS) is 14.1. The standard InChI is InChI=1S/C17H19FN6O3/c18-14-12-13(24(26)27)2-3-15(14)19-7-4-16(25)22-8-10-23(11-9-22)17-20-5-1-6-21-17/h1-3,5-6,12,19H,4,7-11H2. The number of non-ortho nitro benzene ring substituents is 1. The molecule has 2 heterocycles. The molecule has 2 aromatic rings. The molecule has 0 aliphatic carbocycles. The van der Waals surface area contributed by atoms with Gasteiger partial charge < -0.3 is 15.1 Å². The van der Waals surface area contributed by atoms with Gasteiger partial charge in [-0.3, -0.25) is 14.9 Å². The zero-order valence-corrected chi connectivity index (χ0v) is 14.5. The molecule has 0 saturated carbocycles. The Morgan fingerprint density at radius 1 is 1.22 bits per heavy atom. The van der Waals surface area contributed by atoms with Crippen molar-refractivity contribution in [1.29, 1.82) is 0 Å². The smallest absolute Gasteiger partial charge is 0.272 e. The number of halogens is 1. The average Bonchev–Trinajstić information content (AvgIpc) is 2.69. The lowest BCUT2D eigenvalue weighted by Crippen LogP contribution is -2.49.